The lowest BCUT2D eigenvalue weighted by Crippen LogP contribution is -2.28. The van der Waals surface area contributed by atoms with Gasteiger partial charge in [-0.2, -0.15) is 0 Å². The third kappa shape index (κ3) is 2.83. The van der Waals surface area contributed by atoms with Crippen LogP contribution in [0.3, 0.4) is 0 Å². The summed E-state index contributed by atoms with van der Waals surface area (Å²) in [7, 11) is 0. The standard InChI is InChI=1S/C14H23NO/c1-10(2)13(16)11-5-7-12(8-6-11)14(3,4)9-15/h5-8,10,13,16H,9,15H2,1-4H3. The van der Waals surface area contributed by atoms with E-state index in [0.29, 0.717) is 6.54 Å². The minimum absolute atomic E-state index is 0.00130. The van der Waals surface area contributed by atoms with E-state index in [1.807, 2.05) is 26.0 Å². The summed E-state index contributed by atoms with van der Waals surface area (Å²) in [5.41, 5.74) is 7.93. The Morgan fingerprint density at radius 2 is 1.69 bits per heavy atom. The first-order valence-corrected chi connectivity index (χ1v) is 5.87. The van der Waals surface area contributed by atoms with Crippen LogP contribution in [-0.2, 0) is 5.41 Å². The van der Waals surface area contributed by atoms with Crippen LogP contribution in [0.1, 0.15) is 44.9 Å². The smallest absolute Gasteiger partial charge is 0.0812 e. The van der Waals surface area contributed by atoms with Crippen molar-refractivity contribution in [2.24, 2.45) is 11.7 Å². The van der Waals surface area contributed by atoms with Crippen molar-refractivity contribution < 1.29 is 5.11 Å². The van der Waals surface area contributed by atoms with E-state index in [0.717, 1.165) is 5.56 Å². The monoisotopic (exact) mass is 221 g/mol. The van der Waals surface area contributed by atoms with Crippen LogP contribution in [0.4, 0.5) is 0 Å². The molecule has 16 heavy (non-hydrogen) atoms. The molecule has 1 unspecified atom stereocenters. The van der Waals surface area contributed by atoms with Gasteiger partial charge >= 0.3 is 0 Å². The fourth-order valence-corrected chi connectivity index (χ4v) is 1.63. The Labute approximate surface area is 98.5 Å². The average Bonchev–Trinajstić information content (AvgIpc) is 2.28. The number of hydrogen-bond donors (Lipinski definition) is 2. The quantitative estimate of drug-likeness (QED) is 0.821. The molecule has 0 aliphatic carbocycles. The van der Waals surface area contributed by atoms with Crippen molar-refractivity contribution >= 4 is 0 Å². The van der Waals surface area contributed by atoms with Crippen molar-refractivity contribution in [3.05, 3.63) is 35.4 Å². The summed E-state index contributed by atoms with van der Waals surface area (Å²) < 4.78 is 0. The molecule has 0 heterocycles. The van der Waals surface area contributed by atoms with E-state index in [4.69, 9.17) is 5.73 Å². The maximum atomic E-state index is 9.92. The van der Waals surface area contributed by atoms with Gasteiger partial charge in [-0.3, -0.25) is 0 Å². The van der Waals surface area contributed by atoms with Crippen molar-refractivity contribution in [2.45, 2.75) is 39.2 Å². The van der Waals surface area contributed by atoms with E-state index in [9.17, 15) is 5.11 Å². The van der Waals surface area contributed by atoms with Gasteiger partial charge in [0.1, 0.15) is 0 Å². The molecule has 0 amide bonds. The predicted molar refractivity (Wildman–Crippen MR) is 68.3 cm³/mol. The summed E-state index contributed by atoms with van der Waals surface area (Å²) in [5, 5.41) is 9.92. The molecule has 0 aliphatic rings. The van der Waals surface area contributed by atoms with Crippen LogP contribution < -0.4 is 5.73 Å². The SMILES string of the molecule is CC(C)C(O)c1ccc(C(C)(C)CN)cc1. The first-order valence-electron chi connectivity index (χ1n) is 5.87. The fourth-order valence-electron chi connectivity index (χ4n) is 1.63. The van der Waals surface area contributed by atoms with Gasteiger partial charge in [0.05, 0.1) is 6.10 Å². The van der Waals surface area contributed by atoms with Gasteiger partial charge < -0.3 is 10.8 Å². The second-order valence-electron chi connectivity index (χ2n) is 5.40. The van der Waals surface area contributed by atoms with Crippen LogP contribution in [0, 0.1) is 5.92 Å². The van der Waals surface area contributed by atoms with E-state index in [1.54, 1.807) is 0 Å². The Morgan fingerprint density at radius 1 is 1.19 bits per heavy atom. The van der Waals surface area contributed by atoms with Crippen molar-refractivity contribution in [3.8, 4) is 0 Å². The first kappa shape index (κ1) is 13.2. The highest BCUT2D eigenvalue weighted by Crippen LogP contribution is 2.26. The zero-order valence-corrected chi connectivity index (χ0v) is 10.7. The third-order valence-corrected chi connectivity index (χ3v) is 3.18. The molecule has 0 spiro atoms. The molecular weight excluding hydrogens is 198 g/mol. The summed E-state index contributed by atoms with van der Waals surface area (Å²) in [5.74, 6) is 0.244. The summed E-state index contributed by atoms with van der Waals surface area (Å²) in [6.45, 7) is 8.91. The number of hydrogen-bond acceptors (Lipinski definition) is 2. The largest absolute Gasteiger partial charge is 0.388 e. The highest BCUT2D eigenvalue weighted by atomic mass is 16.3. The molecule has 1 rings (SSSR count). The van der Waals surface area contributed by atoms with Crippen molar-refractivity contribution in [1.29, 1.82) is 0 Å². The lowest BCUT2D eigenvalue weighted by molar-refractivity contribution is 0.127. The number of aliphatic hydroxyl groups is 1. The number of benzene rings is 1. The van der Waals surface area contributed by atoms with Crippen LogP contribution >= 0.6 is 0 Å². The molecule has 0 saturated carbocycles. The molecule has 0 radical (unpaired) electrons. The van der Waals surface area contributed by atoms with Crippen LogP contribution in [0.2, 0.25) is 0 Å². The number of rotatable bonds is 4. The van der Waals surface area contributed by atoms with Crippen LogP contribution in [0.25, 0.3) is 0 Å². The van der Waals surface area contributed by atoms with Gasteiger partial charge in [-0.25, -0.2) is 0 Å². The summed E-state index contributed by atoms with van der Waals surface area (Å²) in [6, 6.07) is 8.12. The second-order valence-corrected chi connectivity index (χ2v) is 5.40. The Morgan fingerprint density at radius 3 is 2.06 bits per heavy atom. The normalized spacial score (nSPS) is 14.2. The van der Waals surface area contributed by atoms with Crippen LogP contribution in [0.5, 0.6) is 0 Å². The second kappa shape index (κ2) is 4.98. The molecule has 0 bridgehead atoms. The molecular formula is C14H23NO. The Hall–Kier alpha value is -0.860. The van der Waals surface area contributed by atoms with E-state index < -0.39 is 0 Å². The highest BCUT2D eigenvalue weighted by Gasteiger charge is 2.19. The molecule has 2 heteroatoms. The zero-order chi connectivity index (χ0) is 12.3. The topological polar surface area (TPSA) is 46.2 Å². The summed E-state index contributed by atoms with van der Waals surface area (Å²) >= 11 is 0. The third-order valence-electron chi connectivity index (χ3n) is 3.18. The maximum Gasteiger partial charge on any atom is 0.0812 e. The molecule has 1 aromatic carbocycles. The van der Waals surface area contributed by atoms with Crippen LogP contribution in [0.15, 0.2) is 24.3 Å². The molecule has 1 atom stereocenters. The number of aliphatic hydroxyl groups excluding tert-OH is 1. The Bertz CT molecular complexity index is 327. The molecule has 0 saturated heterocycles. The van der Waals surface area contributed by atoms with Gasteiger partial charge in [-0.05, 0) is 17.0 Å². The minimum atomic E-state index is -0.380. The van der Waals surface area contributed by atoms with E-state index in [-0.39, 0.29) is 17.4 Å². The first-order chi connectivity index (χ1) is 7.38. The van der Waals surface area contributed by atoms with Gasteiger partial charge in [0.25, 0.3) is 0 Å². The predicted octanol–water partition coefficient (Wildman–Crippen LogP) is 2.61. The molecule has 0 aromatic heterocycles. The molecule has 1 aromatic rings. The lowest BCUT2D eigenvalue weighted by Gasteiger charge is -2.24. The van der Waals surface area contributed by atoms with Gasteiger partial charge in [0.15, 0.2) is 0 Å². The lowest BCUT2D eigenvalue weighted by atomic mass is 9.84. The molecule has 2 nitrogen and oxygen atoms in total. The summed E-state index contributed by atoms with van der Waals surface area (Å²) in [6.07, 6.45) is -0.380. The average molecular weight is 221 g/mol. The zero-order valence-electron chi connectivity index (χ0n) is 10.7. The van der Waals surface area contributed by atoms with Crippen molar-refractivity contribution in [2.75, 3.05) is 6.54 Å². The molecule has 90 valence electrons. The highest BCUT2D eigenvalue weighted by molar-refractivity contribution is 5.29. The van der Waals surface area contributed by atoms with Gasteiger partial charge in [-0.1, -0.05) is 52.0 Å². The minimum Gasteiger partial charge on any atom is -0.388 e. The Kier molecular flexibility index (Phi) is 4.11. The maximum absolute atomic E-state index is 9.92. The Balaban J connectivity index is 2.91. The summed E-state index contributed by atoms with van der Waals surface area (Å²) in [4.78, 5) is 0. The van der Waals surface area contributed by atoms with Gasteiger partial charge in [0.2, 0.25) is 0 Å². The van der Waals surface area contributed by atoms with Crippen molar-refractivity contribution in [3.63, 3.8) is 0 Å². The van der Waals surface area contributed by atoms with Gasteiger partial charge in [-0.15, -0.1) is 0 Å². The molecule has 0 aliphatic heterocycles. The van der Waals surface area contributed by atoms with Crippen LogP contribution in [-0.4, -0.2) is 11.7 Å². The van der Waals surface area contributed by atoms with E-state index in [1.165, 1.54) is 5.56 Å². The van der Waals surface area contributed by atoms with E-state index >= 15 is 0 Å². The molecule has 0 fully saturated rings. The van der Waals surface area contributed by atoms with E-state index in [2.05, 4.69) is 26.0 Å². The molecule has 3 N–H and O–H groups in total. The fraction of sp³-hybridized carbons (Fsp3) is 0.571. The van der Waals surface area contributed by atoms with Gasteiger partial charge in [0, 0.05) is 12.0 Å². The number of nitrogens with two attached hydrogens (primary N) is 1. The van der Waals surface area contributed by atoms with Crippen molar-refractivity contribution in [1.82, 2.24) is 0 Å².